The lowest BCUT2D eigenvalue weighted by Crippen LogP contribution is -2.15. The highest BCUT2D eigenvalue weighted by Gasteiger charge is 2.27. The van der Waals surface area contributed by atoms with Gasteiger partial charge in [0.15, 0.2) is 11.5 Å². The fraction of sp³-hybridized carbons (Fsp3) is 0. The number of pyridine rings is 2. The van der Waals surface area contributed by atoms with Crippen molar-refractivity contribution in [3.8, 4) is 39.6 Å². The first kappa shape index (κ1) is 39.6. The monoisotopic (exact) mass is 895 g/mol. The molecule has 0 amide bonds. The number of aromatic nitrogens is 3. The smallest absolute Gasteiger partial charge is 0.151 e. The highest BCUT2D eigenvalue weighted by molar-refractivity contribution is 6.26. The van der Waals surface area contributed by atoms with Crippen LogP contribution in [0.15, 0.2) is 249 Å². The Hall–Kier alpha value is -9.52. The van der Waals surface area contributed by atoms with Gasteiger partial charge in [0.05, 0.1) is 28.1 Å². The second-order valence-electron chi connectivity index (χ2n) is 17.8. The van der Waals surface area contributed by atoms with Gasteiger partial charge < -0.3 is 19.1 Å². The van der Waals surface area contributed by atoms with Crippen LogP contribution in [0.3, 0.4) is 0 Å². The molecule has 3 aromatic heterocycles. The summed E-state index contributed by atoms with van der Waals surface area (Å²) < 4.78 is 8.90. The van der Waals surface area contributed by atoms with E-state index >= 15 is 0 Å². The molecule has 0 bridgehead atoms. The van der Waals surface area contributed by atoms with Crippen LogP contribution in [0.5, 0.6) is 11.5 Å². The van der Waals surface area contributed by atoms with E-state index in [0.29, 0.717) is 0 Å². The molecule has 14 rings (SSSR count). The third-order valence-corrected chi connectivity index (χ3v) is 13.8. The van der Waals surface area contributed by atoms with Gasteiger partial charge in [0, 0.05) is 63.4 Å². The molecule has 0 saturated heterocycles. The van der Waals surface area contributed by atoms with Crippen LogP contribution in [0, 0.1) is 0 Å². The minimum Gasteiger partial charge on any atom is -0.453 e. The van der Waals surface area contributed by atoms with Crippen molar-refractivity contribution in [1.82, 2.24) is 14.5 Å². The zero-order chi connectivity index (χ0) is 46.1. The summed E-state index contributed by atoms with van der Waals surface area (Å²) in [5.41, 5.74) is 13.8. The number of ether oxygens (including phenoxy) is 1. The predicted molar refractivity (Wildman–Crippen MR) is 289 cm³/mol. The topological polar surface area (TPSA) is 46.4 Å². The minimum atomic E-state index is 0.826. The number of para-hydroxylation sites is 6. The quantitative estimate of drug-likeness (QED) is 0.149. The molecule has 0 fully saturated rings. The summed E-state index contributed by atoms with van der Waals surface area (Å²) >= 11 is 0. The van der Waals surface area contributed by atoms with E-state index in [9.17, 15) is 0 Å². The Bertz CT molecular complexity index is 4060. The van der Waals surface area contributed by atoms with Crippen molar-refractivity contribution in [2.45, 2.75) is 0 Å². The van der Waals surface area contributed by atoms with Crippen LogP contribution in [0.1, 0.15) is 0 Å². The van der Waals surface area contributed by atoms with Crippen LogP contribution in [0.25, 0.3) is 82.2 Å². The van der Waals surface area contributed by atoms with Crippen LogP contribution < -0.4 is 14.5 Å². The normalized spacial score (nSPS) is 12.1. The van der Waals surface area contributed by atoms with Gasteiger partial charge in [0.25, 0.3) is 0 Å². The van der Waals surface area contributed by atoms with Gasteiger partial charge in [-0.1, -0.05) is 103 Å². The van der Waals surface area contributed by atoms with Gasteiger partial charge in [0.2, 0.25) is 0 Å². The molecule has 0 saturated carbocycles. The van der Waals surface area contributed by atoms with Crippen molar-refractivity contribution in [1.29, 1.82) is 0 Å². The number of rotatable bonds is 7. The number of anilines is 6. The van der Waals surface area contributed by atoms with Gasteiger partial charge in [0.1, 0.15) is 0 Å². The first-order valence-corrected chi connectivity index (χ1v) is 23.6. The largest absolute Gasteiger partial charge is 0.453 e. The maximum Gasteiger partial charge on any atom is 0.151 e. The number of hydrogen-bond donors (Lipinski definition) is 0. The highest BCUT2D eigenvalue weighted by atomic mass is 16.5. The second kappa shape index (κ2) is 16.1. The lowest BCUT2D eigenvalue weighted by atomic mass is 9.91. The predicted octanol–water partition coefficient (Wildman–Crippen LogP) is 17.4. The van der Waals surface area contributed by atoms with E-state index in [1.54, 1.807) is 6.20 Å². The molecule has 0 spiro atoms. The molecule has 13 aromatic rings. The van der Waals surface area contributed by atoms with Crippen molar-refractivity contribution in [2.75, 3.05) is 9.80 Å². The van der Waals surface area contributed by atoms with Crippen molar-refractivity contribution in [3.05, 3.63) is 249 Å². The van der Waals surface area contributed by atoms with Crippen molar-refractivity contribution < 1.29 is 4.74 Å². The third kappa shape index (κ3) is 6.42. The van der Waals surface area contributed by atoms with Gasteiger partial charge in [-0.25, -0.2) is 0 Å². The lowest BCUT2D eigenvalue weighted by molar-refractivity contribution is 0.477. The Morgan fingerprint density at radius 1 is 0.357 bits per heavy atom. The molecule has 0 atom stereocenters. The molecule has 70 heavy (non-hydrogen) atoms. The van der Waals surface area contributed by atoms with E-state index in [1.165, 1.54) is 32.3 Å². The Morgan fingerprint density at radius 2 is 0.929 bits per heavy atom. The fourth-order valence-corrected chi connectivity index (χ4v) is 10.7. The highest BCUT2D eigenvalue weighted by Crippen LogP contribution is 2.51. The minimum absolute atomic E-state index is 0.826. The molecule has 4 heterocycles. The molecule has 0 unspecified atom stereocenters. The lowest BCUT2D eigenvalue weighted by Gasteiger charge is -2.32. The molecular formula is C64H41N5O. The maximum absolute atomic E-state index is 6.46. The molecule has 6 nitrogen and oxygen atoms in total. The van der Waals surface area contributed by atoms with Gasteiger partial charge in [-0.15, -0.1) is 0 Å². The fourth-order valence-electron chi connectivity index (χ4n) is 10.7. The maximum atomic E-state index is 6.46. The molecule has 1 aliphatic rings. The Morgan fingerprint density at radius 3 is 1.63 bits per heavy atom. The summed E-state index contributed by atoms with van der Waals surface area (Å²) in [7, 11) is 0. The molecule has 6 heteroatoms. The molecule has 10 aromatic carbocycles. The van der Waals surface area contributed by atoms with Gasteiger partial charge in [-0.2, -0.15) is 0 Å². The van der Waals surface area contributed by atoms with Crippen molar-refractivity contribution >= 4 is 88.2 Å². The molecule has 0 radical (unpaired) electrons. The summed E-state index contributed by atoms with van der Waals surface area (Å²) in [5, 5.41) is 9.59. The molecular weight excluding hydrogens is 855 g/mol. The van der Waals surface area contributed by atoms with Crippen LogP contribution in [-0.4, -0.2) is 14.5 Å². The van der Waals surface area contributed by atoms with E-state index in [0.717, 1.165) is 95.5 Å². The van der Waals surface area contributed by atoms with E-state index < -0.39 is 0 Å². The van der Waals surface area contributed by atoms with Gasteiger partial charge in [-0.3, -0.25) is 9.97 Å². The standard InChI is InChI=1S/C64H41N5O/c1-3-15-45(16-4-1)67(46-17-5-2-6-18-46)47-27-31-59-56(39-47)57-40-49(69-61-21-9-11-23-63(61)70-64-24-12-10-22-62(64)69)28-32-60(57)68(59)48-26-30-53-52-29-25-42(36-54(52)50-19-7-8-20-51(50)55(53)38-48)43-33-35-66-58(37-43)44-14-13-34-65-41-44/h1-41H. The zero-order valence-electron chi connectivity index (χ0n) is 37.8. The van der Waals surface area contributed by atoms with Gasteiger partial charge >= 0.3 is 0 Å². The average molecular weight is 896 g/mol. The SMILES string of the molecule is c1ccc(N(c2ccccc2)c2ccc3c(c2)c2cc(N4c5ccccc5Oc5ccccc54)ccc2n3-c2ccc3c4ccc(-c5ccnc(-c6cccnc6)c5)cc4c4ccccc4c3c2)cc1. The van der Waals surface area contributed by atoms with Gasteiger partial charge in [-0.05, 0) is 171 Å². The van der Waals surface area contributed by atoms with E-state index in [-0.39, 0.29) is 0 Å². The number of fused-ring (bicyclic) bond motifs is 11. The Balaban J connectivity index is 0.978. The average Bonchev–Trinajstić information content (AvgIpc) is 3.76. The third-order valence-electron chi connectivity index (χ3n) is 13.8. The first-order chi connectivity index (χ1) is 34.7. The zero-order valence-corrected chi connectivity index (χ0v) is 37.8. The number of benzene rings is 10. The Kier molecular flexibility index (Phi) is 9.10. The van der Waals surface area contributed by atoms with E-state index in [2.05, 4.69) is 225 Å². The summed E-state index contributed by atoms with van der Waals surface area (Å²) in [6, 6.07) is 82.6. The number of nitrogens with zero attached hydrogens (tertiary/aromatic N) is 5. The Labute approximate surface area is 404 Å². The van der Waals surface area contributed by atoms with Crippen LogP contribution in [0.2, 0.25) is 0 Å². The van der Waals surface area contributed by atoms with Crippen LogP contribution >= 0.6 is 0 Å². The summed E-state index contributed by atoms with van der Waals surface area (Å²) in [4.78, 5) is 13.7. The van der Waals surface area contributed by atoms with Crippen LogP contribution in [0.4, 0.5) is 34.1 Å². The number of hydrogen-bond acceptors (Lipinski definition) is 5. The van der Waals surface area contributed by atoms with Crippen molar-refractivity contribution in [2.24, 2.45) is 0 Å². The van der Waals surface area contributed by atoms with E-state index in [1.807, 2.05) is 42.7 Å². The summed E-state index contributed by atoms with van der Waals surface area (Å²) in [6.45, 7) is 0. The molecule has 328 valence electrons. The van der Waals surface area contributed by atoms with Crippen LogP contribution in [-0.2, 0) is 0 Å². The van der Waals surface area contributed by atoms with Crippen molar-refractivity contribution in [3.63, 3.8) is 0 Å². The molecule has 1 aliphatic heterocycles. The first-order valence-electron chi connectivity index (χ1n) is 23.6. The van der Waals surface area contributed by atoms with E-state index in [4.69, 9.17) is 4.74 Å². The molecule has 0 aliphatic carbocycles. The summed E-state index contributed by atoms with van der Waals surface area (Å²) in [6.07, 6.45) is 5.55. The molecule has 0 N–H and O–H groups in total. The summed E-state index contributed by atoms with van der Waals surface area (Å²) in [5.74, 6) is 1.65. The second-order valence-corrected chi connectivity index (χ2v) is 17.8.